The highest BCUT2D eigenvalue weighted by atomic mass is 32.2. The molecule has 0 aliphatic carbocycles. The normalized spacial score (nSPS) is 26.9. The minimum absolute atomic E-state index is 0.0509. The van der Waals surface area contributed by atoms with Gasteiger partial charge < -0.3 is 44.4 Å². The minimum atomic E-state index is -5.08. The van der Waals surface area contributed by atoms with E-state index in [1.165, 1.54) is 18.7 Å². The van der Waals surface area contributed by atoms with Gasteiger partial charge in [0.15, 0.2) is 28.5 Å². The number of esters is 2. The summed E-state index contributed by atoms with van der Waals surface area (Å²) in [5.74, 6) is -1.38. The van der Waals surface area contributed by atoms with Gasteiger partial charge in [0.1, 0.15) is 24.1 Å². The number of piperazine rings is 1. The number of phenols is 1. The van der Waals surface area contributed by atoms with E-state index in [1.807, 2.05) is 33.0 Å². The maximum absolute atomic E-state index is 14.8. The average molecular weight is 884 g/mol. The van der Waals surface area contributed by atoms with Crippen LogP contribution < -0.4 is 34.7 Å². The van der Waals surface area contributed by atoms with Crippen LogP contribution in [0.3, 0.4) is 0 Å². The molecule has 4 bridgehead atoms. The fraction of sp³-hybridized carbons (Fsp3) is 0.476. The van der Waals surface area contributed by atoms with Crippen molar-refractivity contribution in [1.29, 1.82) is 5.26 Å². The number of nitrogen functional groups attached to an aromatic ring is 1. The molecule has 0 saturated carbocycles. The number of likely N-dealkylation sites (N-methyl/N-ethyl adjacent to an activating group) is 1. The number of aliphatic carboxylic acids is 1. The van der Waals surface area contributed by atoms with Gasteiger partial charge in [0.2, 0.25) is 6.79 Å². The van der Waals surface area contributed by atoms with Crippen LogP contribution in [0.25, 0.3) is 0 Å². The number of methoxy groups -OCH3 is 2. The first-order chi connectivity index (χ1) is 29.4. The number of carboxylic acid groups (broad SMARTS) is 1. The molecule has 0 aromatic heterocycles. The highest BCUT2D eigenvalue weighted by Gasteiger charge is 2.62. The number of alkyl halides is 3. The van der Waals surface area contributed by atoms with Crippen molar-refractivity contribution in [3.63, 3.8) is 0 Å². The highest BCUT2D eigenvalue weighted by molar-refractivity contribution is 7.99. The third-order valence-electron chi connectivity index (χ3n) is 12.7. The fourth-order valence-electron chi connectivity index (χ4n) is 10.2. The number of nitrogens with zero attached hydrogens (tertiary/aromatic N) is 3. The Kier molecular flexibility index (Phi) is 10.8. The average Bonchev–Trinajstić information content (AvgIpc) is 3.71. The zero-order chi connectivity index (χ0) is 44.7. The third-order valence-corrected chi connectivity index (χ3v) is 14.2. The van der Waals surface area contributed by atoms with E-state index in [0.29, 0.717) is 70.5 Å². The first kappa shape index (κ1) is 43.0. The standard InChI is InChI=1S/C40H43N5O9S.C2HF3O2/c1-17-9-21-11-24-25(13-41)45-26-14-51-39(48)40(22-12-27(49-5)23(42)10-20(22)7-8-43-40)15-55-38(32(45)31(44(24)4)28(21)33(47)34(17)50-6)30-29(26)37-36(52-16-53-37)18(2)35(30)54-19(3)46;3-2(4,5)1(6)7/h9-10,12,24-26,31-32,38,43,47H,7-8,11,14-16,42H2,1-6H3;(H,6,7)/t24-,25-,26-,31+,32+,38+,40+;/m0./s1. The Balaban J connectivity index is 0.000000698. The number of phenolic OH excluding ortho intramolecular Hbond substituents is 1. The number of nitrogens with two attached hydrogens (primary N) is 1. The van der Waals surface area contributed by atoms with Crippen molar-refractivity contribution >= 4 is 35.4 Å². The second-order valence-corrected chi connectivity index (χ2v) is 17.1. The van der Waals surface area contributed by atoms with Crippen LogP contribution in [0.5, 0.6) is 34.5 Å². The molecule has 2 saturated heterocycles. The quantitative estimate of drug-likeness (QED) is 0.162. The Labute approximate surface area is 357 Å². The lowest BCUT2D eigenvalue weighted by atomic mass is 9.71. The number of carbonyl (C=O) groups is 3. The Morgan fingerprint density at radius 1 is 1.06 bits per heavy atom. The molecule has 3 aromatic carbocycles. The molecule has 62 heavy (non-hydrogen) atoms. The number of benzene rings is 3. The van der Waals surface area contributed by atoms with Crippen molar-refractivity contribution < 1.29 is 66.2 Å². The van der Waals surface area contributed by atoms with E-state index in [1.54, 1.807) is 14.2 Å². The Hall–Kier alpha value is -5.62. The monoisotopic (exact) mass is 883 g/mol. The van der Waals surface area contributed by atoms with Crippen LogP contribution in [0.1, 0.15) is 68.8 Å². The number of halogens is 3. The Morgan fingerprint density at radius 2 is 1.77 bits per heavy atom. The van der Waals surface area contributed by atoms with Gasteiger partial charge in [-0.15, -0.1) is 11.8 Å². The maximum Gasteiger partial charge on any atom is 0.490 e. The zero-order valence-electron chi connectivity index (χ0n) is 34.5. The number of ether oxygens (including phenoxy) is 6. The molecule has 16 nitrogen and oxygen atoms in total. The number of aryl methyl sites for hydroxylation is 1. The predicted molar refractivity (Wildman–Crippen MR) is 214 cm³/mol. The van der Waals surface area contributed by atoms with Crippen molar-refractivity contribution in [2.24, 2.45) is 0 Å². The topological polar surface area (TPSA) is 215 Å². The van der Waals surface area contributed by atoms with E-state index in [9.17, 15) is 33.1 Å². The van der Waals surface area contributed by atoms with Gasteiger partial charge in [0.05, 0.1) is 43.3 Å². The SMILES string of the molecule is COc1cc2c(cc1N)CCN[C@]21CS[C@@H]2c3c(OC(C)=O)c(C)c4c(c3[C@H](COC1=O)N1[C@@H]2[C@H]2c3c(cc(C)c(OC)c3O)C[C@@H]([C@@H]1C#N)N2C)OCO4.O=C(O)C(F)(F)F. The van der Waals surface area contributed by atoms with Gasteiger partial charge >= 0.3 is 24.1 Å². The van der Waals surface area contributed by atoms with Gasteiger partial charge in [-0.1, -0.05) is 6.07 Å². The van der Waals surface area contributed by atoms with Crippen LogP contribution in [0, 0.1) is 25.2 Å². The molecule has 7 aliphatic heterocycles. The number of hydrogen-bond acceptors (Lipinski definition) is 16. The summed E-state index contributed by atoms with van der Waals surface area (Å²) >= 11 is 1.51. The summed E-state index contributed by atoms with van der Waals surface area (Å²) in [6.45, 7) is 5.40. The van der Waals surface area contributed by atoms with Gasteiger partial charge in [0.25, 0.3) is 0 Å². The van der Waals surface area contributed by atoms with Crippen molar-refractivity contribution in [3.8, 4) is 40.6 Å². The molecule has 0 radical (unpaired) electrons. The van der Waals surface area contributed by atoms with E-state index in [2.05, 4.69) is 27.3 Å². The number of carboxylic acids is 1. The molecule has 3 aromatic rings. The molecule has 20 heteroatoms. The molecule has 2 fully saturated rings. The lowest BCUT2D eigenvalue weighted by Gasteiger charge is -2.62. The number of anilines is 1. The number of aromatic hydroxyl groups is 1. The first-order valence-corrected chi connectivity index (χ1v) is 20.7. The molecule has 5 N–H and O–H groups in total. The van der Waals surface area contributed by atoms with E-state index in [0.717, 1.165) is 27.8 Å². The van der Waals surface area contributed by atoms with Crippen molar-refractivity contribution in [1.82, 2.24) is 15.1 Å². The maximum atomic E-state index is 14.8. The predicted octanol–water partition coefficient (Wildman–Crippen LogP) is 4.50. The van der Waals surface area contributed by atoms with E-state index < -0.39 is 59.0 Å². The molecule has 7 aliphatic rings. The summed E-state index contributed by atoms with van der Waals surface area (Å²) in [5.41, 5.74) is 11.6. The lowest BCUT2D eigenvalue weighted by Crippen LogP contribution is -2.69. The first-order valence-electron chi connectivity index (χ1n) is 19.6. The van der Waals surface area contributed by atoms with Crippen LogP contribution in [0.4, 0.5) is 18.9 Å². The van der Waals surface area contributed by atoms with Crippen LogP contribution in [-0.2, 0) is 37.5 Å². The highest BCUT2D eigenvalue weighted by Crippen LogP contribution is 2.64. The minimum Gasteiger partial charge on any atom is -0.504 e. The molecule has 0 amide bonds. The van der Waals surface area contributed by atoms with Gasteiger partial charge in [-0.3, -0.25) is 19.9 Å². The summed E-state index contributed by atoms with van der Waals surface area (Å²) in [5, 5.41) is 33.3. The summed E-state index contributed by atoms with van der Waals surface area (Å²) in [4.78, 5) is 41.0. The molecule has 1 spiro atoms. The fourth-order valence-corrected chi connectivity index (χ4v) is 11.9. The largest absolute Gasteiger partial charge is 0.504 e. The summed E-state index contributed by atoms with van der Waals surface area (Å²) in [6, 6.07) is 5.73. The van der Waals surface area contributed by atoms with Crippen molar-refractivity contribution in [3.05, 3.63) is 62.7 Å². The van der Waals surface area contributed by atoms with Crippen LogP contribution in [-0.4, -0.2) is 109 Å². The number of carbonyl (C=O) groups excluding carboxylic acids is 2. The van der Waals surface area contributed by atoms with Crippen molar-refractivity contribution in [2.75, 3.05) is 52.7 Å². The van der Waals surface area contributed by atoms with E-state index >= 15 is 0 Å². The Morgan fingerprint density at radius 3 is 2.42 bits per heavy atom. The number of nitrogens with one attached hydrogen (secondary N) is 1. The molecular formula is C42H44F3N5O11S. The number of fused-ring (bicyclic) bond motifs is 9. The van der Waals surface area contributed by atoms with Crippen LogP contribution >= 0.6 is 11.8 Å². The van der Waals surface area contributed by atoms with Crippen molar-refractivity contribution in [2.45, 2.75) is 80.8 Å². The van der Waals surface area contributed by atoms with Gasteiger partial charge in [0, 0.05) is 53.6 Å². The number of nitriles is 1. The summed E-state index contributed by atoms with van der Waals surface area (Å²) in [6.07, 6.45) is -3.94. The number of rotatable bonds is 3. The van der Waals surface area contributed by atoms with Gasteiger partial charge in [-0.05, 0) is 68.1 Å². The molecule has 7 atom stereocenters. The molecule has 7 heterocycles. The second kappa shape index (κ2) is 15.6. The lowest BCUT2D eigenvalue weighted by molar-refractivity contribution is -0.192. The van der Waals surface area contributed by atoms with Crippen LogP contribution in [0.15, 0.2) is 18.2 Å². The van der Waals surface area contributed by atoms with Gasteiger partial charge in [-0.2, -0.15) is 18.4 Å². The number of thioether (sulfide) groups is 1. The summed E-state index contributed by atoms with van der Waals surface area (Å²) in [7, 11) is 5.09. The van der Waals surface area contributed by atoms with Gasteiger partial charge in [-0.25, -0.2) is 9.59 Å². The molecular weight excluding hydrogens is 840 g/mol. The van der Waals surface area contributed by atoms with E-state index in [4.69, 9.17) is 44.1 Å². The summed E-state index contributed by atoms with van der Waals surface area (Å²) < 4.78 is 68.0. The molecule has 330 valence electrons. The number of hydrogen-bond donors (Lipinski definition) is 4. The van der Waals surface area contributed by atoms with Crippen LogP contribution in [0.2, 0.25) is 0 Å². The zero-order valence-corrected chi connectivity index (χ0v) is 35.3. The third kappa shape index (κ3) is 6.50. The Bertz CT molecular complexity index is 2450. The second-order valence-electron chi connectivity index (χ2n) is 16.0. The van der Waals surface area contributed by atoms with E-state index in [-0.39, 0.29) is 30.9 Å². The molecule has 10 rings (SSSR count). The smallest absolute Gasteiger partial charge is 0.490 e. The molecule has 0 unspecified atom stereocenters.